The van der Waals surface area contributed by atoms with Crippen LogP contribution < -0.4 is 15.2 Å². The highest BCUT2D eigenvalue weighted by Crippen LogP contribution is 2.46. The third-order valence-electron chi connectivity index (χ3n) is 4.72. The second kappa shape index (κ2) is 5.79. The molecular weight excluding hydrogens is 276 g/mol. The maximum Gasteiger partial charge on any atom is 0.264 e. The number of hydrogen-bond acceptors (Lipinski definition) is 3. The predicted molar refractivity (Wildman–Crippen MR) is 76.2 cm³/mol. The van der Waals surface area contributed by atoms with Crippen molar-refractivity contribution in [1.82, 2.24) is 0 Å². The minimum atomic E-state index is -2.53. The average molecular weight is 297 g/mol. The van der Waals surface area contributed by atoms with Crippen LogP contribution in [0.5, 0.6) is 11.5 Å². The maximum atomic E-state index is 13.5. The van der Waals surface area contributed by atoms with Crippen LogP contribution in [0.3, 0.4) is 0 Å². The molecule has 1 saturated carbocycles. The van der Waals surface area contributed by atoms with Gasteiger partial charge in [0.05, 0.1) is 0 Å². The lowest BCUT2D eigenvalue weighted by atomic mass is 9.68. The Morgan fingerprint density at radius 2 is 1.67 bits per heavy atom. The number of halogens is 2. The number of nitrogens with two attached hydrogens (primary N) is 1. The van der Waals surface area contributed by atoms with Gasteiger partial charge in [-0.2, -0.15) is 0 Å². The molecule has 0 amide bonds. The summed E-state index contributed by atoms with van der Waals surface area (Å²) in [6.07, 6.45) is 2.42. The molecule has 0 radical (unpaired) electrons. The first-order valence-electron chi connectivity index (χ1n) is 7.58. The van der Waals surface area contributed by atoms with E-state index in [2.05, 4.69) is 0 Å². The van der Waals surface area contributed by atoms with Crippen molar-refractivity contribution in [2.45, 2.75) is 43.9 Å². The summed E-state index contributed by atoms with van der Waals surface area (Å²) in [6.45, 7) is 1.25. The number of fused-ring (bicyclic) bond motifs is 1. The van der Waals surface area contributed by atoms with Gasteiger partial charge in [-0.25, -0.2) is 8.78 Å². The molecule has 1 aliphatic heterocycles. The number of hydrogen-bond donors (Lipinski definition) is 1. The van der Waals surface area contributed by atoms with E-state index >= 15 is 0 Å². The zero-order chi connectivity index (χ0) is 14.9. The quantitative estimate of drug-likeness (QED) is 0.928. The van der Waals surface area contributed by atoms with Crippen LogP contribution in [-0.4, -0.2) is 19.8 Å². The fraction of sp³-hybridized carbons (Fsp3) is 0.625. The molecule has 0 saturated heterocycles. The summed E-state index contributed by atoms with van der Waals surface area (Å²) in [5, 5.41) is 0. The number of alkyl halides is 2. The summed E-state index contributed by atoms with van der Waals surface area (Å²) in [7, 11) is 0. The van der Waals surface area contributed by atoms with Gasteiger partial charge in [-0.05, 0) is 30.5 Å². The summed E-state index contributed by atoms with van der Waals surface area (Å²) < 4.78 is 38.0. The van der Waals surface area contributed by atoms with Gasteiger partial charge < -0.3 is 15.2 Å². The van der Waals surface area contributed by atoms with Crippen LogP contribution >= 0.6 is 0 Å². The minimum absolute atomic E-state index is 0.0478. The molecule has 1 heterocycles. The van der Waals surface area contributed by atoms with Crippen LogP contribution in [0.2, 0.25) is 0 Å². The molecule has 1 aromatic carbocycles. The molecule has 2 N–H and O–H groups in total. The Kier molecular flexibility index (Phi) is 4.02. The Morgan fingerprint density at radius 1 is 1.05 bits per heavy atom. The molecule has 0 aromatic heterocycles. The third kappa shape index (κ3) is 2.59. The van der Waals surface area contributed by atoms with E-state index in [1.54, 1.807) is 6.07 Å². The van der Waals surface area contributed by atoms with Gasteiger partial charge >= 0.3 is 0 Å². The van der Waals surface area contributed by atoms with Crippen LogP contribution in [0.15, 0.2) is 12.1 Å². The largest absolute Gasteiger partial charge is 0.486 e. The van der Waals surface area contributed by atoms with Gasteiger partial charge in [0.1, 0.15) is 13.2 Å². The van der Waals surface area contributed by atoms with Gasteiger partial charge in [0.15, 0.2) is 11.5 Å². The molecular formula is C16H21F2NO2. The highest BCUT2D eigenvalue weighted by atomic mass is 19.3. The number of rotatable bonds is 3. The second-order valence-electron chi connectivity index (χ2n) is 5.93. The van der Waals surface area contributed by atoms with E-state index < -0.39 is 6.43 Å². The molecule has 0 bridgehead atoms. The van der Waals surface area contributed by atoms with Crippen molar-refractivity contribution in [1.29, 1.82) is 0 Å². The van der Waals surface area contributed by atoms with Gasteiger partial charge in [-0.15, -0.1) is 0 Å². The van der Waals surface area contributed by atoms with Crippen molar-refractivity contribution in [2.24, 2.45) is 5.73 Å². The fourth-order valence-electron chi connectivity index (χ4n) is 3.56. The van der Waals surface area contributed by atoms with Crippen molar-refractivity contribution >= 4 is 0 Å². The topological polar surface area (TPSA) is 44.5 Å². The molecule has 0 unspecified atom stereocenters. The summed E-state index contributed by atoms with van der Waals surface area (Å²) in [5.74, 6) is 0.988. The Balaban J connectivity index is 2.10. The van der Waals surface area contributed by atoms with E-state index in [0.29, 0.717) is 36.8 Å². The van der Waals surface area contributed by atoms with Crippen molar-refractivity contribution in [2.75, 3.05) is 19.8 Å². The Labute approximate surface area is 123 Å². The lowest BCUT2D eigenvalue weighted by molar-refractivity contribution is 0.141. The monoisotopic (exact) mass is 297 g/mol. The Morgan fingerprint density at radius 3 is 2.24 bits per heavy atom. The Hall–Kier alpha value is -1.36. The normalized spacial score (nSPS) is 20.6. The lowest BCUT2D eigenvalue weighted by Gasteiger charge is -2.38. The summed E-state index contributed by atoms with van der Waals surface area (Å²) in [5.41, 5.74) is 6.36. The highest BCUT2D eigenvalue weighted by molar-refractivity contribution is 5.51. The predicted octanol–water partition coefficient (Wildman–Crippen LogP) is 3.56. The van der Waals surface area contributed by atoms with Crippen molar-refractivity contribution in [3.63, 3.8) is 0 Å². The molecule has 116 valence electrons. The number of ether oxygens (including phenoxy) is 2. The molecule has 1 aromatic rings. The van der Waals surface area contributed by atoms with Crippen LogP contribution in [0.25, 0.3) is 0 Å². The van der Waals surface area contributed by atoms with E-state index in [0.717, 1.165) is 32.1 Å². The molecule has 1 fully saturated rings. The third-order valence-corrected chi connectivity index (χ3v) is 4.72. The zero-order valence-electron chi connectivity index (χ0n) is 12.0. The van der Waals surface area contributed by atoms with E-state index in [9.17, 15) is 8.78 Å². The first-order valence-corrected chi connectivity index (χ1v) is 7.58. The van der Waals surface area contributed by atoms with E-state index in [-0.39, 0.29) is 11.0 Å². The molecule has 21 heavy (non-hydrogen) atoms. The second-order valence-corrected chi connectivity index (χ2v) is 5.93. The lowest BCUT2D eigenvalue weighted by Crippen LogP contribution is -2.38. The SMILES string of the molecule is NCC1(c2cc3c(cc2C(F)F)OCCO3)CCCCC1. The van der Waals surface area contributed by atoms with E-state index in [1.807, 2.05) is 0 Å². The first kappa shape index (κ1) is 14.6. The zero-order valence-corrected chi connectivity index (χ0v) is 12.0. The fourth-order valence-corrected chi connectivity index (χ4v) is 3.56. The van der Waals surface area contributed by atoms with E-state index in [1.165, 1.54) is 6.07 Å². The smallest absolute Gasteiger partial charge is 0.264 e. The first-order chi connectivity index (χ1) is 10.2. The van der Waals surface area contributed by atoms with Gasteiger partial charge in [-0.3, -0.25) is 0 Å². The van der Waals surface area contributed by atoms with Crippen LogP contribution in [0.4, 0.5) is 8.78 Å². The minimum Gasteiger partial charge on any atom is -0.486 e. The Bertz CT molecular complexity index is 513. The van der Waals surface area contributed by atoms with Crippen LogP contribution in [-0.2, 0) is 5.41 Å². The van der Waals surface area contributed by atoms with Crippen LogP contribution in [0.1, 0.15) is 49.7 Å². The summed E-state index contributed by atoms with van der Waals surface area (Å²) >= 11 is 0. The molecule has 5 heteroatoms. The van der Waals surface area contributed by atoms with Crippen molar-refractivity contribution in [3.8, 4) is 11.5 Å². The highest BCUT2D eigenvalue weighted by Gasteiger charge is 2.37. The molecule has 0 atom stereocenters. The summed E-state index contributed by atoms with van der Waals surface area (Å²) in [6, 6.07) is 3.19. The van der Waals surface area contributed by atoms with Gasteiger partial charge in [0, 0.05) is 17.5 Å². The van der Waals surface area contributed by atoms with E-state index in [4.69, 9.17) is 15.2 Å². The van der Waals surface area contributed by atoms with Gasteiger partial charge in [0.25, 0.3) is 6.43 Å². The standard InChI is InChI=1S/C16H21F2NO2/c17-15(18)11-8-13-14(21-7-6-20-13)9-12(11)16(10-19)4-2-1-3-5-16/h8-9,15H,1-7,10,19H2. The molecule has 1 aliphatic carbocycles. The van der Waals surface area contributed by atoms with Gasteiger partial charge in [0.2, 0.25) is 0 Å². The van der Waals surface area contributed by atoms with Crippen molar-refractivity contribution in [3.05, 3.63) is 23.3 Å². The molecule has 3 rings (SSSR count). The van der Waals surface area contributed by atoms with Crippen LogP contribution in [0, 0.1) is 0 Å². The molecule has 3 nitrogen and oxygen atoms in total. The maximum absolute atomic E-state index is 13.5. The number of benzene rings is 1. The van der Waals surface area contributed by atoms with Gasteiger partial charge in [-0.1, -0.05) is 19.3 Å². The summed E-state index contributed by atoms with van der Waals surface area (Å²) in [4.78, 5) is 0. The van der Waals surface area contributed by atoms with Crippen molar-refractivity contribution < 1.29 is 18.3 Å². The molecule has 0 spiro atoms. The average Bonchev–Trinajstić information content (AvgIpc) is 2.54. The molecule has 2 aliphatic rings.